The fraction of sp³-hybridized carbons (Fsp3) is 0.643. The average molecular weight is 326 g/mol. The number of nitrogens with one attached hydrogen (secondary N) is 1. The monoisotopic (exact) mass is 326 g/mol. The number of thiophene rings is 1. The Morgan fingerprint density at radius 1 is 1.33 bits per heavy atom. The average Bonchev–Trinajstić information content (AvgIpc) is 3.21. The molecule has 3 N–H and O–H groups in total. The molecule has 0 spiro atoms. The fourth-order valence-electron chi connectivity index (χ4n) is 2.48. The lowest BCUT2D eigenvalue weighted by molar-refractivity contribution is 0.0956. The lowest BCUT2D eigenvalue weighted by atomic mass is 10.3. The molecule has 1 aliphatic heterocycles. The van der Waals surface area contributed by atoms with Crippen LogP contribution in [0.15, 0.2) is 4.90 Å². The minimum absolute atomic E-state index is 0.00400. The number of thioether (sulfide) groups is 1. The Kier molecular flexibility index (Phi) is 4.33. The second kappa shape index (κ2) is 6.06. The summed E-state index contributed by atoms with van der Waals surface area (Å²) >= 11 is 3.19. The second-order valence-electron chi connectivity index (χ2n) is 5.72. The van der Waals surface area contributed by atoms with Crippen molar-refractivity contribution in [2.45, 2.75) is 23.8 Å². The Balaban J connectivity index is 1.83. The molecule has 0 unspecified atom stereocenters. The van der Waals surface area contributed by atoms with Crippen LogP contribution in [0.3, 0.4) is 0 Å². The summed E-state index contributed by atoms with van der Waals surface area (Å²) in [6.45, 7) is 4.09. The third kappa shape index (κ3) is 3.14. The summed E-state index contributed by atoms with van der Waals surface area (Å²) in [5.41, 5.74) is 6.89. The minimum Gasteiger partial charge on any atom is -0.396 e. The van der Waals surface area contributed by atoms with E-state index >= 15 is 0 Å². The largest absolute Gasteiger partial charge is 0.396 e. The van der Waals surface area contributed by atoms with E-state index in [1.165, 1.54) is 0 Å². The molecular weight excluding hydrogens is 304 g/mol. The van der Waals surface area contributed by atoms with Crippen molar-refractivity contribution in [3.63, 3.8) is 0 Å². The summed E-state index contributed by atoms with van der Waals surface area (Å²) in [5, 5.41) is 4.20. The van der Waals surface area contributed by atoms with Crippen LogP contribution in [0.5, 0.6) is 0 Å². The summed E-state index contributed by atoms with van der Waals surface area (Å²) in [4.78, 5) is 18.7. The molecule has 7 heteroatoms. The first-order chi connectivity index (χ1) is 10.1. The summed E-state index contributed by atoms with van der Waals surface area (Å²) in [7, 11) is 2.14. The number of nitrogen functional groups attached to an aromatic ring is 1. The fourth-order valence-corrected chi connectivity index (χ4v) is 4.62. The SMILES string of the molecule is CSc1c(N2CCN(C)CC2)sc(C(=O)NC2CC2)c1N. The predicted octanol–water partition coefficient (Wildman–Crippen LogP) is 1.70. The van der Waals surface area contributed by atoms with E-state index in [9.17, 15) is 4.79 Å². The quantitative estimate of drug-likeness (QED) is 0.825. The molecule has 21 heavy (non-hydrogen) atoms. The molecule has 3 rings (SSSR count). The highest BCUT2D eigenvalue weighted by molar-refractivity contribution is 7.99. The molecule has 0 radical (unpaired) electrons. The van der Waals surface area contributed by atoms with Gasteiger partial charge in [0.2, 0.25) is 0 Å². The zero-order valence-electron chi connectivity index (χ0n) is 12.5. The molecule has 0 aromatic carbocycles. The van der Waals surface area contributed by atoms with Crippen LogP contribution in [0, 0.1) is 0 Å². The van der Waals surface area contributed by atoms with E-state index in [1.54, 1.807) is 23.1 Å². The summed E-state index contributed by atoms with van der Waals surface area (Å²) in [5.74, 6) is -0.00400. The molecule has 0 bridgehead atoms. The van der Waals surface area contributed by atoms with Gasteiger partial charge in [-0.2, -0.15) is 0 Å². The van der Waals surface area contributed by atoms with Gasteiger partial charge < -0.3 is 20.9 Å². The molecule has 0 atom stereocenters. The van der Waals surface area contributed by atoms with Gasteiger partial charge in [0.15, 0.2) is 0 Å². The summed E-state index contributed by atoms with van der Waals surface area (Å²) < 4.78 is 0. The van der Waals surface area contributed by atoms with Crippen LogP contribution >= 0.6 is 23.1 Å². The molecule has 2 aliphatic rings. The topological polar surface area (TPSA) is 61.6 Å². The molecule has 1 aromatic heterocycles. The normalized spacial score (nSPS) is 19.8. The van der Waals surface area contributed by atoms with Gasteiger partial charge in [0.1, 0.15) is 9.88 Å². The van der Waals surface area contributed by atoms with Gasteiger partial charge in [-0.15, -0.1) is 23.1 Å². The molecule has 2 fully saturated rings. The third-order valence-electron chi connectivity index (χ3n) is 4.00. The number of nitrogens with zero attached hydrogens (tertiary/aromatic N) is 2. The zero-order valence-corrected chi connectivity index (χ0v) is 14.1. The van der Waals surface area contributed by atoms with Crippen molar-refractivity contribution in [3.8, 4) is 0 Å². The van der Waals surface area contributed by atoms with Gasteiger partial charge >= 0.3 is 0 Å². The number of likely N-dealkylation sites (N-methyl/N-ethyl adjacent to an activating group) is 1. The van der Waals surface area contributed by atoms with Gasteiger partial charge in [-0.05, 0) is 26.1 Å². The Labute approximate surface area is 133 Å². The Bertz CT molecular complexity index is 533. The lowest BCUT2D eigenvalue weighted by Gasteiger charge is -2.33. The van der Waals surface area contributed by atoms with Crippen molar-refractivity contribution in [2.75, 3.05) is 50.1 Å². The van der Waals surface area contributed by atoms with E-state index in [0.717, 1.165) is 48.9 Å². The van der Waals surface area contributed by atoms with Gasteiger partial charge in [0.25, 0.3) is 5.91 Å². The van der Waals surface area contributed by atoms with Crippen molar-refractivity contribution < 1.29 is 4.79 Å². The second-order valence-corrected chi connectivity index (χ2v) is 7.54. The zero-order chi connectivity index (χ0) is 15.0. The van der Waals surface area contributed by atoms with Crippen LogP contribution in [0.4, 0.5) is 10.7 Å². The van der Waals surface area contributed by atoms with Gasteiger partial charge in [-0.3, -0.25) is 4.79 Å². The highest BCUT2D eigenvalue weighted by Crippen LogP contribution is 2.44. The molecular formula is C14H22N4OS2. The third-order valence-corrected chi connectivity index (χ3v) is 6.21. The summed E-state index contributed by atoms with van der Waals surface area (Å²) in [6, 6.07) is 0.365. The standard InChI is InChI=1S/C14H22N4OS2/c1-17-5-7-18(8-6-17)14-12(20-2)10(15)11(21-14)13(19)16-9-3-4-9/h9H,3-8,15H2,1-2H3,(H,16,19). The number of anilines is 2. The first-order valence-corrected chi connectivity index (χ1v) is 9.35. The highest BCUT2D eigenvalue weighted by atomic mass is 32.2. The number of carbonyl (C=O) groups excluding carboxylic acids is 1. The van der Waals surface area contributed by atoms with E-state index in [1.807, 2.05) is 6.26 Å². The molecule has 2 heterocycles. The maximum atomic E-state index is 12.3. The predicted molar refractivity (Wildman–Crippen MR) is 90.7 cm³/mol. The van der Waals surface area contributed by atoms with Gasteiger partial charge in [0, 0.05) is 32.2 Å². The maximum absolute atomic E-state index is 12.3. The van der Waals surface area contributed by atoms with Gasteiger partial charge in [-0.25, -0.2) is 0 Å². The smallest absolute Gasteiger partial charge is 0.263 e. The van der Waals surface area contributed by atoms with Crippen LogP contribution in [-0.2, 0) is 0 Å². The molecule has 5 nitrogen and oxygen atoms in total. The summed E-state index contributed by atoms with van der Waals surface area (Å²) in [6.07, 6.45) is 4.22. The number of hydrogen-bond acceptors (Lipinski definition) is 6. The molecule has 1 amide bonds. The van der Waals surface area contributed by atoms with Crippen LogP contribution in [0.25, 0.3) is 0 Å². The van der Waals surface area contributed by atoms with Gasteiger partial charge in [0.05, 0.1) is 10.6 Å². The van der Waals surface area contributed by atoms with Crippen molar-refractivity contribution in [3.05, 3.63) is 4.88 Å². The highest BCUT2D eigenvalue weighted by Gasteiger charge is 2.29. The van der Waals surface area contributed by atoms with Crippen LogP contribution in [0.1, 0.15) is 22.5 Å². The molecule has 116 valence electrons. The van der Waals surface area contributed by atoms with E-state index in [4.69, 9.17) is 5.73 Å². The molecule has 1 saturated carbocycles. The Hall–Kier alpha value is -0.920. The van der Waals surface area contributed by atoms with Crippen molar-refractivity contribution >= 4 is 39.7 Å². The number of hydrogen-bond donors (Lipinski definition) is 2. The minimum atomic E-state index is -0.00400. The molecule has 1 saturated heterocycles. The van der Waals surface area contributed by atoms with Crippen LogP contribution in [-0.4, -0.2) is 56.3 Å². The van der Waals surface area contributed by atoms with E-state index in [0.29, 0.717) is 16.6 Å². The van der Waals surface area contributed by atoms with Crippen molar-refractivity contribution in [1.29, 1.82) is 0 Å². The maximum Gasteiger partial charge on any atom is 0.263 e. The van der Waals surface area contributed by atoms with E-state index in [2.05, 4.69) is 22.2 Å². The van der Waals surface area contributed by atoms with Gasteiger partial charge in [-0.1, -0.05) is 0 Å². The number of amides is 1. The number of carbonyl (C=O) groups is 1. The Morgan fingerprint density at radius 3 is 2.57 bits per heavy atom. The Morgan fingerprint density at radius 2 is 2.00 bits per heavy atom. The number of nitrogens with two attached hydrogens (primary N) is 1. The van der Waals surface area contributed by atoms with Crippen molar-refractivity contribution in [2.24, 2.45) is 0 Å². The molecule has 1 aromatic rings. The van der Waals surface area contributed by atoms with Crippen molar-refractivity contribution in [1.82, 2.24) is 10.2 Å². The van der Waals surface area contributed by atoms with E-state index in [-0.39, 0.29) is 5.91 Å². The van der Waals surface area contributed by atoms with E-state index < -0.39 is 0 Å². The first-order valence-electron chi connectivity index (χ1n) is 7.30. The molecule has 1 aliphatic carbocycles. The van der Waals surface area contributed by atoms with Crippen LogP contribution in [0.2, 0.25) is 0 Å². The number of piperazine rings is 1. The lowest BCUT2D eigenvalue weighted by Crippen LogP contribution is -2.44. The van der Waals surface area contributed by atoms with Crippen LogP contribution < -0.4 is 16.0 Å². The first kappa shape index (κ1) is 15.0. The number of rotatable bonds is 4.